The highest BCUT2D eigenvalue weighted by atomic mass is 35.5. The maximum atomic E-state index is 6.40. The fourth-order valence-electron chi connectivity index (χ4n) is 2.77. The Morgan fingerprint density at radius 1 is 1.12 bits per heavy atom. The average molecular weight is 369 g/mol. The number of rotatable bonds is 2. The van der Waals surface area contributed by atoms with E-state index in [0.29, 0.717) is 0 Å². The molecule has 0 radical (unpaired) electrons. The highest BCUT2D eigenvalue weighted by Crippen LogP contribution is 2.37. The van der Waals surface area contributed by atoms with Gasteiger partial charge in [0.1, 0.15) is 17.6 Å². The fraction of sp³-hybridized carbons (Fsp3) is 0.278. The second-order valence-corrected chi connectivity index (χ2v) is 6.01. The quantitative estimate of drug-likeness (QED) is 0.813. The minimum absolute atomic E-state index is 0. The molecular weight excluding hydrogens is 347 g/mol. The summed E-state index contributed by atoms with van der Waals surface area (Å²) in [6, 6.07) is 14.0. The summed E-state index contributed by atoms with van der Waals surface area (Å²) in [7, 11) is 5.73. The zero-order valence-electron chi connectivity index (χ0n) is 13.9. The first-order chi connectivity index (χ1) is 10.6. The minimum atomic E-state index is -0.0687. The molecule has 1 aliphatic heterocycles. The van der Waals surface area contributed by atoms with Crippen LogP contribution >= 0.6 is 24.0 Å². The van der Waals surface area contributed by atoms with E-state index in [1.54, 1.807) is 7.11 Å². The maximum Gasteiger partial charge on any atom is 0.119 e. The van der Waals surface area contributed by atoms with E-state index in [1.165, 1.54) is 11.1 Å². The van der Waals surface area contributed by atoms with E-state index in [2.05, 4.69) is 17.0 Å². The number of hydrogen-bond acceptors (Lipinski definition) is 3. The highest BCUT2D eigenvalue weighted by Gasteiger charge is 2.25. The monoisotopic (exact) mass is 368 g/mol. The van der Waals surface area contributed by atoms with Crippen LogP contribution in [-0.2, 0) is 6.42 Å². The summed E-state index contributed by atoms with van der Waals surface area (Å²) >= 11 is 6.40. The van der Waals surface area contributed by atoms with Crippen LogP contribution in [0.4, 0.5) is 0 Å². The van der Waals surface area contributed by atoms with E-state index in [0.717, 1.165) is 28.6 Å². The molecule has 0 saturated carbocycles. The summed E-state index contributed by atoms with van der Waals surface area (Å²) in [4.78, 5) is 6.99. The predicted molar refractivity (Wildman–Crippen MR) is 102 cm³/mol. The first-order valence-corrected chi connectivity index (χ1v) is 7.63. The van der Waals surface area contributed by atoms with Crippen molar-refractivity contribution in [2.45, 2.75) is 12.5 Å². The largest absolute Gasteiger partial charge is 0.497 e. The molecule has 24 heavy (non-hydrogen) atoms. The van der Waals surface area contributed by atoms with Crippen LogP contribution in [0, 0.1) is 0 Å². The normalized spacial score (nSPS) is 15.3. The Balaban J connectivity index is 0.00000144. The first-order valence-electron chi connectivity index (χ1n) is 7.25. The van der Waals surface area contributed by atoms with Crippen LogP contribution in [0.25, 0.3) is 0 Å². The summed E-state index contributed by atoms with van der Waals surface area (Å²) in [5.74, 6) is 1.92. The third-order valence-corrected chi connectivity index (χ3v) is 4.33. The molecule has 0 spiro atoms. The molecule has 0 amide bonds. The number of likely N-dealkylation sites (N-methyl/N-ethyl adjacent to an activating group) is 1. The van der Waals surface area contributed by atoms with Crippen LogP contribution in [-0.4, -0.2) is 37.4 Å². The average Bonchev–Trinajstić information content (AvgIpc) is 2.53. The van der Waals surface area contributed by atoms with Gasteiger partial charge in [0.25, 0.3) is 0 Å². The SMILES string of the molecule is COc1ccc2c(c1)CC(N(C)C)=NC2c1ccccc1Cl.Cl.O. The molecule has 0 bridgehead atoms. The Bertz CT molecular complexity index is 733. The second-order valence-electron chi connectivity index (χ2n) is 5.61. The molecule has 0 fully saturated rings. The lowest BCUT2D eigenvalue weighted by atomic mass is 9.90. The van der Waals surface area contributed by atoms with Gasteiger partial charge < -0.3 is 15.1 Å². The van der Waals surface area contributed by atoms with Gasteiger partial charge in [0.15, 0.2) is 0 Å². The topological polar surface area (TPSA) is 56.3 Å². The van der Waals surface area contributed by atoms with Gasteiger partial charge in [-0.2, -0.15) is 0 Å². The number of fused-ring (bicyclic) bond motifs is 1. The minimum Gasteiger partial charge on any atom is -0.497 e. The van der Waals surface area contributed by atoms with Crippen molar-refractivity contribution in [1.82, 2.24) is 4.90 Å². The van der Waals surface area contributed by atoms with E-state index >= 15 is 0 Å². The van der Waals surface area contributed by atoms with E-state index in [1.807, 2.05) is 44.4 Å². The molecule has 0 aliphatic carbocycles. The lowest BCUT2D eigenvalue weighted by molar-refractivity contribution is 0.414. The molecule has 1 atom stereocenters. The van der Waals surface area contributed by atoms with Gasteiger partial charge in [0, 0.05) is 25.5 Å². The van der Waals surface area contributed by atoms with Gasteiger partial charge in [-0.1, -0.05) is 35.9 Å². The molecule has 0 aromatic heterocycles. The molecule has 3 rings (SSSR count). The van der Waals surface area contributed by atoms with Crippen LogP contribution in [0.5, 0.6) is 5.75 Å². The van der Waals surface area contributed by atoms with Crippen molar-refractivity contribution in [2.24, 2.45) is 4.99 Å². The molecule has 1 heterocycles. The van der Waals surface area contributed by atoms with Gasteiger partial charge in [-0.15, -0.1) is 12.4 Å². The lowest BCUT2D eigenvalue weighted by Gasteiger charge is -2.28. The van der Waals surface area contributed by atoms with Crippen molar-refractivity contribution in [3.63, 3.8) is 0 Å². The van der Waals surface area contributed by atoms with Gasteiger partial charge in [-0.05, 0) is 34.9 Å². The third-order valence-electron chi connectivity index (χ3n) is 3.99. The summed E-state index contributed by atoms with van der Waals surface area (Å²) in [6.07, 6.45) is 0.806. The molecule has 2 aromatic carbocycles. The number of aliphatic imine (C=N–C) groups is 1. The number of hydrogen-bond donors (Lipinski definition) is 0. The van der Waals surface area contributed by atoms with Crippen LogP contribution in [0.3, 0.4) is 0 Å². The van der Waals surface area contributed by atoms with E-state index in [-0.39, 0.29) is 23.9 Å². The van der Waals surface area contributed by atoms with Crippen molar-refractivity contribution in [3.05, 3.63) is 64.2 Å². The fourth-order valence-corrected chi connectivity index (χ4v) is 3.01. The number of halogens is 2. The molecule has 6 heteroatoms. The Morgan fingerprint density at radius 3 is 2.46 bits per heavy atom. The van der Waals surface area contributed by atoms with Crippen molar-refractivity contribution in [1.29, 1.82) is 0 Å². The lowest BCUT2D eigenvalue weighted by Crippen LogP contribution is -2.28. The van der Waals surface area contributed by atoms with Crippen molar-refractivity contribution < 1.29 is 10.2 Å². The van der Waals surface area contributed by atoms with Crippen LogP contribution in [0.2, 0.25) is 5.02 Å². The zero-order chi connectivity index (χ0) is 15.7. The Morgan fingerprint density at radius 2 is 1.83 bits per heavy atom. The van der Waals surface area contributed by atoms with Crippen molar-refractivity contribution in [2.75, 3.05) is 21.2 Å². The van der Waals surface area contributed by atoms with Gasteiger partial charge in [-0.3, -0.25) is 4.99 Å². The van der Waals surface area contributed by atoms with E-state index in [4.69, 9.17) is 21.3 Å². The molecule has 0 saturated heterocycles. The predicted octanol–water partition coefficient (Wildman–Crippen LogP) is 3.55. The summed E-state index contributed by atoms with van der Waals surface area (Å²) in [5.41, 5.74) is 3.47. The number of ether oxygens (including phenoxy) is 1. The van der Waals surface area contributed by atoms with Crippen LogP contribution in [0.1, 0.15) is 22.7 Å². The standard InChI is InChI=1S/C18H19ClN2O.ClH.H2O/c1-21(2)17-11-12-10-13(22-3)8-9-14(12)18(20-17)15-6-4-5-7-16(15)19;;/h4-10,18H,11H2,1-3H3;1H;1H2. The summed E-state index contributed by atoms with van der Waals surface area (Å²) in [6.45, 7) is 0. The van der Waals surface area contributed by atoms with Crippen LogP contribution < -0.4 is 4.74 Å². The molecule has 4 nitrogen and oxygen atoms in total. The van der Waals surface area contributed by atoms with Crippen molar-refractivity contribution in [3.8, 4) is 5.75 Å². The molecule has 2 aromatic rings. The number of amidine groups is 1. The Kier molecular flexibility index (Phi) is 7.08. The van der Waals surface area contributed by atoms with Crippen LogP contribution in [0.15, 0.2) is 47.5 Å². The Labute approximate surface area is 153 Å². The van der Waals surface area contributed by atoms with Gasteiger partial charge in [-0.25, -0.2) is 0 Å². The third kappa shape index (κ3) is 3.83. The van der Waals surface area contributed by atoms with Gasteiger partial charge in [0.2, 0.25) is 0 Å². The van der Waals surface area contributed by atoms with E-state index < -0.39 is 0 Å². The molecule has 1 unspecified atom stereocenters. The summed E-state index contributed by atoms with van der Waals surface area (Å²) < 4.78 is 5.36. The Hall–Kier alpha value is -1.75. The number of benzene rings is 2. The maximum absolute atomic E-state index is 6.40. The van der Waals surface area contributed by atoms with Gasteiger partial charge in [0.05, 0.1) is 7.11 Å². The number of nitrogens with zero attached hydrogens (tertiary/aromatic N) is 2. The van der Waals surface area contributed by atoms with E-state index in [9.17, 15) is 0 Å². The summed E-state index contributed by atoms with van der Waals surface area (Å²) in [5, 5.41) is 0.748. The second kappa shape index (κ2) is 8.38. The highest BCUT2D eigenvalue weighted by molar-refractivity contribution is 6.31. The molecule has 130 valence electrons. The van der Waals surface area contributed by atoms with Crippen molar-refractivity contribution >= 4 is 29.8 Å². The molecule has 1 aliphatic rings. The zero-order valence-corrected chi connectivity index (χ0v) is 15.5. The van der Waals surface area contributed by atoms with Gasteiger partial charge >= 0.3 is 0 Å². The number of methoxy groups -OCH3 is 1. The smallest absolute Gasteiger partial charge is 0.119 e. The molecule has 2 N–H and O–H groups in total. The first kappa shape index (κ1) is 20.3. The molecular formula is C18H22Cl2N2O2.